The van der Waals surface area contributed by atoms with E-state index >= 15 is 0 Å². The molecule has 2 heterocycles. The third-order valence-corrected chi connectivity index (χ3v) is 5.98. The van der Waals surface area contributed by atoms with Crippen LogP contribution in [-0.2, 0) is 29.2 Å². The van der Waals surface area contributed by atoms with Gasteiger partial charge in [-0.25, -0.2) is 16.8 Å². The predicted octanol–water partition coefficient (Wildman–Crippen LogP) is -1.55. The van der Waals surface area contributed by atoms with E-state index in [1.165, 1.54) is 4.90 Å². The Kier molecular flexibility index (Phi) is 3.90. The average molecular weight is 311 g/mol. The van der Waals surface area contributed by atoms with Gasteiger partial charge in [0.15, 0.2) is 9.84 Å². The zero-order valence-corrected chi connectivity index (χ0v) is 12.2. The van der Waals surface area contributed by atoms with Crippen LogP contribution in [0.4, 0.5) is 0 Å². The quantitative estimate of drug-likeness (QED) is 0.625. The van der Waals surface area contributed by atoms with Crippen molar-refractivity contribution in [1.29, 1.82) is 0 Å². The first kappa shape index (κ1) is 14.7. The summed E-state index contributed by atoms with van der Waals surface area (Å²) in [4.78, 5) is 13.5. The molecule has 0 saturated carbocycles. The van der Waals surface area contributed by atoms with Gasteiger partial charge in [0.1, 0.15) is 9.84 Å². The highest BCUT2D eigenvalue weighted by Crippen LogP contribution is 2.25. The van der Waals surface area contributed by atoms with Crippen LogP contribution >= 0.6 is 0 Å². The maximum atomic E-state index is 12.0. The van der Waals surface area contributed by atoms with Crippen LogP contribution in [0.1, 0.15) is 6.42 Å². The highest BCUT2D eigenvalue weighted by molar-refractivity contribution is 7.91. The van der Waals surface area contributed by atoms with Gasteiger partial charge in [-0.15, -0.1) is 0 Å². The van der Waals surface area contributed by atoms with Crippen molar-refractivity contribution in [3.05, 3.63) is 0 Å². The van der Waals surface area contributed by atoms with Gasteiger partial charge >= 0.3 is 0 Å². The largest absolute Gasteiger partial charge is 0.373 e. The number of hydrogen-bond acceptors (Lipinski definition) is 6. The van der Waals surface area contributed by atoms with Gasteiger partial charge in [0.05, 0.1) is 36.0 Å². The van der Waals surface area contributed by atoms with Gasteiger partial charge in [0.2, 0.25) is 5.91 Å². The Morgan fingerprint density at radius 1 is 1.37 bits per heavy atom. The number of sulfone groups is 2. The Bertz CT molecular complexity index is 567. The van der Waals surface area contributed by atoms with E-state index in [0.717, 1.165) is 6.26 Å². The molecule has 2 saturated heterocycles. The van der Waals surface area contributed by atoms with E-state index < -0.39 is 31.8 Å². The fraction of sp³-hybridized carbons (Fsp3) is 0.900. The third kappa shape index (κ3) is 3.67. The molecule has 0 aromatic heterocycles. The second kappa shape index (κ2) is 5.02. The van der Waals surface area contributed by atoms with Crippen molar-refractivity contribution in [2.24, 2.45) is 0 Å². The first-order valence-corrected chi connectivity index (χ1v) is 9.85. The molecular weight excluding hydrogens is 294 g/mol. The van der Waals surface area contributed by atoms with E-state index in [4.69, 9.17) is 4.74 Å². The Balaban J connectivity index is 2.05. The summed E-state index contributed by atoms with van der Waals surface area (Å²) in [5.41, 5.74) is 0. The predicted molar refractivity (Wildman–Crippen MR) is 68.2 cm³/mol. The van der Waals surface area contributed by atoms with E-state index in [0.29, 0.717) is 13.2 Å². The number of ether oxygens (including phenoxy) is 1. The van der Waals surface area contributed by atoms with Crippen LogP contribution in [0.25, 0.3) is 0 Å². The highest BCUT2D eigenvalue weighted by Gasteiger charge is 2.45. The summed E-state index contributed by atoms with van der Waals surface area (Å²) in [6, 6.07) is -0.467. The number of hydrogen-bond donors (Lipinski definition) is 0. The third-order valence-electron chi connectivity index (χ3n) is 3.34. The molecule has 19 heavy (non-hydrogen) atoms. The Morgan fingerprint density at radius 3 is 2.68 bits per heavy atom. The Labute approximate surface area is 112 Å². The van der Waals surface area contributed by atoms with Gasteiger partial charge in [0.25, 0.3) is 0 Å². The highest BCUT2D eigenvalue weighted by atomic mass is 32.2. The molecule has 2 aliphatic heterocycles. The molecule has 7 nitrogen and oxygen atoms in total. The summed E-state index contributed by atoms with van der Waals surface area (Å²) in [5.74, 6) is -0.691. The fourth-order valence-corrected chi connectivity index (χ4v) is 4.86. The second-order valence-corrected chi connectivity index (χ2v) is 9.43. The van der Waals surface area contributed by atoms with Gasteiger partial charge < -0.3 is 9.64 Å². The lowest BCUT2D eigenvalue weighted by Gasteiger charge is -2.36. The molecule has 2 unspecified atom stereocenters. The summed E-state index contributed by atoms with van der Waals surface area (Å²) < 4.78 is 50.6. The summed E-state index contributed by atoms with van der Waals surface area (Å²) in [5, 5.41) is 0. The van der Waals surface area contributed by atoms with Crippen molar-refractivity contribution in [3.8, 4) is 0 Å². The van der Waals surface area contributed by atoms with Crippen LogP contribution in [0.15, 0.2) is 0 Å². The first-order valence-electron chi connectivity index (χ1n) is 5.97. The molecule has 0 aromatic carbocycles. The lowest BCUT2D eigenvalue weighted by molar-refractivity contribution is -0.142. The van der Waals surface area contributed by atoms with Gasteiger partial charge in [-0.3, -0.25) is 4.79 Å². The number of amides is 1. The minimum absolute atomic E-state index is 0.0620. The second-order valence-electron chi connectivity index (χ2n) is 5.02. The van der Waals surface area contributed by atoms with Crippen LogP contribution < -0.4 is 0 Å². The summed E-state index contributed by atoms with van der Waals surface area (Å²) in [7, 11) is -6.38. The van der Waals surface area contributed by atoms with Crippen molar-refractivity contribution >= 4 is 25.6 Å². The molecule has 1 amide bonds. The molecule has 0 N–H and O–H groups in total. The van der Waals surface area contributed by atoms with Crippen molar-refractivity contribution in [2.75, 3.05) is 36.7 Å². The van der Waals surface area contributed by atoms with Crippen LogP contribution in [0.5, 0.6) is 0 Å². The maximum Gasteiger partial charge on any atom is 0.224 e. The minimum atomic E-state index is -3.20. The van der Waals surface area contributed by atoms with Crippen molar-refractivity contribution in [1.82, 2.24) is 4.90 Å². The van der Waals surface area contributed by atoms with E-state index in [1.807, 2.05) is 0 Å². The zero-order valence-electron chi connectivity index (χ0n) is 10.6. The lowest BCUT2D eigenvalue weighted by atomic mass is 10.1. The smallest absolute Gasteiger partial charge is 0.224 e. The molecule has 0 spiro atoms. The molecular formula is C10H17NO6S2. The summed E-state index contributed by atoms with van der Waals surface area (Å²) >= 11 is 0. The number of rotatable bonds is 3. The van der Waals surface area contributed by atoms with Crippen LogP contribution in [0.3, 0.4) is 0 Å². The molecule has 110 valence electrons. The average Bonchev–Trinajstić information content (AvgIpc) is 2.58. The van der Waals surface area contributed by atoms with Crippen LogP contribution in [0.2, 0.25) is 0 Å². The topological polar surface area (TPSA) is 97.8 Å². The van der Waals surface area contributed by atoms with Gasteiger partial charge in [-0.2, -0.15) is 0 Å². The van der Waals surface area contributed by atoms with Gasteiger partial charge in [0, 0.05) is 19.2 Å². The summed E-state index contributed by atoms with van der Waals surface area (Å²) in [6.07, 6.45) is 0.491. The summed E-state index contributed by atoms with van der Waals surface area (Å²) in [6.45, 7) is 0.612. The normalized spacial score (nSPS) is 30.1. The van der Waals surface area contributed by atoms with Crippen LogP contribution in [-0.4, -0.2) is 76.5 Å². The monoisotopic (exact) mass is 311 g/mol. The maximum absolute atomic E-state index is 12.0. The molecule has 2 aliphatic rings. The molecule has 2 fully saturated rings. The lowest BCUT2D eigenvalue weighted by Crippen LogP contribution is -2.53. The van der Waals surface area contributed by atoms with Gasteiger partial charge in [-0.1, -0.05) is 0 Å². The molecule has 0 radical (unpaired) electrons. The van der Waals surface area contributed by atoms with Crippen molar-refractivity contribution in [3.63, 3.8) is 0 Å². The Morgan fingerprint density at radius 2 is 2.05 bits per heavy atom. The Hall–Kier alpha value is -0.670. The first-order chi connectivity index (χ1) is 8.68. The SMILES string of the molecule is CS(=O)(=O)CCC(=O)N1CCOC2CS(=O)(=O)CC21. The van der Waals surface area contributed by atoms with E-state index in [-0.39, 0.29) is 29.6 Å². The van der Waals surface area contributed by atoms with Crippen LogP contribution in [0, 0.1) is 0 Å². The number of nitrogens with zero attached hydrogens (tertiary/aromatic N) is 1. The van der Waals surface area contributed by atoms with E-state index in [2.05, 4.69) is 0 Å². The number of carbonyl (C=O) groups excluding carboxylic acids is 1. The van der Waals surface area contributed by atoms with E-state index in [1.54, 1.807) is 0 Å². The minimum Gasteiger partial charge on any atom is -0.373 e. The molecule has 9 heteroatoms. The molecule has 0 bridgehead atoms. The number of fused-ring (bicyclic) bond motifs is 1. The van der Waals surface area contributed by atoms with Gasteiger partial charge in [-0.05, 0) is 0 Å². The molecule has 2 atom stereocenters. The number of morpholine rings is 1. The standard InChI is InChI=1S/C10H17NO6S2/c1-18(13,14)5-2-10(12)11-3-4-17-9-7-19(15,16)6-8(9)11/h8-9H,2-7H2,1H3. The van der Waals surface area contributed by atoms with Crippen molar-refractivity contribution in [2.45, 2.75) is 18.6 Å². The fourth-order valence-electron chi connectivity index (χ4n) is 2.44. The van der Waals surface area contributed by atoms with E-state index in [9.17, 15) is 21.6 Å². The molecule has 2 rings (SSSR count). The number of carbonyl (C=O) groups is 1. The zero-order chi connectivity index (χ0) is 14.3. The van der Waals surface area contributed by atoms with Crippen molar-refractivity contribution < 1.29 is 26.4 Å². The molecule has 0 aliphatic carbocycles. The molecule has 0 aromatic rings.